The fourth-order valence-electron chi connectivity index (χ4n) is 3.41. The van der Waals surface area contributed by atoms with E-state index in [1.165, 1.54) is 5.56 Å². The number of nitrogens with two attached hydrogens (primary N) is 1. The monoisotopic (exact) mass is 407 g/mol. The third-order valence-electron chi connectivity index (χ3n) is 5.01. The van der Waals surface area contributed by atoms with Gasteiger partial charge in [0.05, 0.1) is 0 Å². The zero-order chi connectivity index (χ0) is 21.2. The van der Waals surface area contributed by atoms with E-state index in [4.69, 9.17) is 10.2 Å². The molecule has 0 atom stereocenters. The molecule has 0 saturated carbocycles. The van der Waals surface area contributed by atoms with Crippen molar-refractivity contribution in [2.45, 2.75) is 6.92 Å². The molecule has 3 N–H and O–H groups in total. The molecule has 0 amide bonds. The highest BCUT2D eigenvalue weighted by atomic mass is 16.4. The van der Waals surface area contributed by atoms with Crippen molar-refractivity contribution in [2.24, 2.45) is 0 Å². The van der Waals surface area contributed by atoms with Gasteiger partial charge in [0.1, 0.15) is 17.8 Å². The molecule has 0 aliphatic carbocycles. The smallest absolute Gasteiger partial charge is 0.229 e. The molecule has 0 aliphatic rings. The lowest BCUT2D eigenvalue weighted by molar-refractivity contribution is 0.594. The highest BCUT2D eigenvalue weighted by Crippen LogP contribution is 2.36. The average molecular weight is 407 g/mol. The number of aryl methyl sites for hydroxylation is 1. The zero-order valence-electron chi connectivity index (χ0n) is 17.0. The molecular formula is C25H21N5O. The van der Waals surface area contributed by atoms with Crippen molar-refractivity contribution in [2.75, 3.05) is 11.1 Å². The van der Waals surface area contributed by atoms with E-state index in [9.17, 15) is 0 Å². The predicted octanol–water partition coefficient (Wildman–Crippen LogP) is 5.83. The summed E-state index contributed by atoms with van der Waals surface area (Å²) in [6.07, 6.45) is 1.77. The van der Waals surface area contributed by atoms with Crippen LogP contribution in [0.2, 0.25) is 0 Å². The molecule has 6 heteroatoms. The molecule has 0 spiro atoms. The first kappa shape index (κ1) is 18.7. The number of benzene rings is 3. The summed E-state index contributed by atoms with van der Waals surface area (Å²) in [5.41, 5.74) is 11.3. The molecule has 0 aliphatic heterocycles. The van der Waals surface area contributed by atoms with Crippen LogP contribution < -0.4 is 11.1 Å². The summed E-state index contributed by atoms with van der Waals surface area (Å²) in [5.74, 6) is 1.45. The Morgan fingerprint density at radius 3 is 2.23 bits per heavy atom. The van der Waals surface area contributed by atoms with Crippen LogP contribution in [0.5, 0.6) is 0 Å². The van der Waals surface area contributed by atoms with Crippen molar-refractivity contribution in [3.8, 4) is 28.5 Å². The van der Waals surface area contributed by atoms with Gasteiger partial charge >= 0.3 is 0 Å². The van der Waals surface area contributed by atoms with Gasteiger partial charge in [-0.3, -0.25) is 4.57 Å². The number of hydrogen-bond donors (Lipinski definition) is 2. The Labute approximate surface area is 180 Å². The fourth-order valence-corrected chi connectivity index (χ4v) is 3.41. The Morgan fingerprint density at radius 2 is 1.52 bits per heavy atom. The number of aromatic nitrogens is 3. The Balaban J connectivity index is 1.64. The molecule has 2 heterocycles. The zero-order valence-corrected chi connectivity index (χ0v) is 17.0. The van der Waals surface area contributed by atoms with Gasteiger partial charge in [-0.1, -0.05) is 54.1 Å². The Morgan fingerprint density at radius 1 is 0.839 bits per heavy atom. The van der Waals surface area contributed by atoms with Crippen LogP contribution >= 0.6 is 0 Å². The topological polar surface area (TPSA) is 81.9 Å². The number of para-hydroxylation sites is 1. The number of hydrogen-bond acceptors (Lipinski definition) is 5. The third kappa shape index (κ3) is 3.67. The van der Waals surface area contributed by atoms with Gasteiger partial charge in [0.15, 0.2) is 5.69 Å². The molecule has 0 fully saturated rings. The lowest BCUT2D eigenvalue weighted by Crippen LogP contribution is -2.01. The molecule has 5 rings (SSSR count). The molecule has 0 unspecified atom stereocenters. The summed E-state index contributed by atoms with van der Waals surface area (Å²) >= 11 is 0. The highest BCUT2D eigenvalue weighted by molar-refractivity contribution is 5.81. The minimum Gasteiger partial charge on any atom is -0.420 e. The molecule has 31 heavy (non-hydrogen) atoms. The second kappa shape index (κ2) is 7.84. The molecule has 0 radical (unpaired) electrons. The lowest BCUT2D eigenvalue weighted by atomic mass is 10.2. The van der Waals surface area contributed by atoms with Gasteiger partial charge in [-0.2, -0.15) is 0 Å². The first-order chi connectivity index (χ1) is 15.2. The largest absolute Gasteiger partial charge is 0.420 e. The normalized spacial score (nSPS) is 10.9. The number of nitrogens with zero attached hydrogens (tertiary/aromatic N) is 3. The minimum atomic E-state index is 0.226. The Hall–Kier alpha value is -4.32. The number of nitrogen functional groups attached to an aromatic ring is 1. The Kier molecular flexibility index (Phi) is 4.72. The van der Waals surface area contributed by atoms with Crippen molar-refractivity contribution in [1.29, 1.82) is 0 Å². The predicted molar refractivity (Wildman–Crippen MR) is 123 cm³/mol. The van der Waals surface area contributed by atoms with Crippen molar-refractivity contribution < 1.29 is 4.42 Å². The number of anilines is 3. The van der Waals surface area contributed by atoms with E-state index in [0.717, 1.165) is 22.8 Å². The van der Waals surface area contributed by atoms with Crippen molar-refractivity contribution >= 4 is 17.4 Å². The standard InChI is InChI=1S/C25H21N5O/c1-17-12-14-20(15-13-17)30-16-27-22(24(30)28-19-10-6-3-7-11-19)21-23(26)31-25(29-21)18-8-4-2-5-9-18/h2-16,28H,26H2,1H3. The van der Waals surface area contributed by atoms with Crippen LogP contribution in [-0.2, 0) is 0 Å². The third-order valence-corrected chi connectivity index (χ3v) is 5.01. The summed E-state index contributed by atoms with van der Waals surface area (Å²) in [6, 6.07) is 27.9. The molecule has 0 saturated heterocycles. The first-order valence-corrected chi connectivity index (χ1v) is 9.97. The van der Waals surface area contributed by atoms with E-state index >= 15 is 0 Å². The van der Waals surface area contributed by atoms with E-state index in [1.54, 1.807) is 6.33 Å². The molecule has 152 valence electrons. The quantitative estimate of drug-likeness (QED) is 0.383. The number of nitrogens with one attached hydrogen (secondary N) is 1. The van der Waals surface area contributed by atoms with Gasteiger partial charge in [-0.15, -0.1) is 0 Å². The maximum Gasteiger partial charge on any atom is 0.229 e. The Bertz CT molecular complexity index is 1310. The van der Waals surface area contributed by atoms with E-state index in [-0.39, 0.29) is 5.88 Å². The van der Waals surface area contributed by atoms with Crippen LogP contribution in [0.4, 0.5) is 17.4 Å². The number of imidazole rings is 1. The summed E-state index contributed by atoms with van der Waals surface area (Å²) in [5, 5.41) is 3.47. The second-order valence-corrected chi connectivity index (χ2v) is 7.24. The lowest BCUT2D eigenvalue weighted by Gasteiger charge is -2.12. The van der Waals surface area contributed by atoms with Crippen LogP contribution in [0, 0.1) is 6.92 Å². The molecule has 0 bridgehead atoms. The second-order valence-electron chi connectivity index (χ2n) is 7.24. The average Bonchev–Trinajstić information content (AvgIpc) is 3.39. The fraction of sp³-hybridized carbons (Fsp3) is 0.0400. The van der Waals surface area contributed by atoms with E-state index in [1.807, 2.05) is 65.2 Å². The van der Waals surface area contributed by atoms with Crippen molar-refractivity contribution in [3.05, 3.63) is 96.8 Å². The highest BCUT2D eigenvalue weighted by Gasteiger charge is 2.22. The van der Waals surface area contributed by atoms with E-state index < -0.39 is 0 Å². The first-order valence-electron chi connectivity index (χ1n) is 9.97. The van der Waals surface area contributed by atoms with Gasteiger partial charge < -0.3 is 15.5 Å². The molecule has 2 aromatic heterocycles. The van der Waals surface area contributed by atoms with Crippen LogP contribution in [-0.4, -0.2) is 14.5 Å². The van der Waals surface area contributed by atoms with Crippen molar-refractivity contribution in [3.63, 3.8) is 0 Å². The minimum absolute atomic E-state index is 0.226. The van der Waals surface area contributed by atoms with Gasteiger partial charge in [0.2, 0.25) is 11.8 Å². The van der Waals surface area contributed by atoms with Gasteiger partial charge in [-0.25, -0.2) is 9.97 Å². The van der Waals surface area contributed by atoms with Gasteiger partial charge in [0, 0.05) is 16.9 Å². The number of oxazole rings is 1. The van der Waals surface area contributed by atoms with E-state index in [2.05, 4.69) is 46.5 Å². The van der Waals surface area contributed by atoms with Gasteiger partial charge in [-0.05, 0) is 43.3 Å². The molecule has 5 aromatic rings. The van der Waals surface area contributed by atoms with Crippen molar-refractivity contribution in [1.82, 2.24) is 14.5 Å². The maximum atomic E-state index is 6.23. The SMILES string of the molecule is Cc1ccc(-n2cnc(-c3nc(-c4ccccc4)oc3N)c2Nc2ccccc2)cc1. The summed E-state index contributed by atoms with van der Waals surface area (Å²) in [7, 11) is 0. The summed E-state index contributed by atoms with van der Waals surface area (Å²) in [6.45, 7) is 2.06. The van der Waals surface area contributed by atoms with Crippen LogP contribution in [0.25, 0.3) is 28.5 Å². The summed E-state index contributed by atoms with van der Waals surface area (Å²) < 4.78 is 7.76. The van der Waals surface area contributed by atoms with Gasteiger partial charge in [0.25, 0.3) is 0 Å². The maximum absolute atomic E-state index is 6.23. The number of rotatable bonds is 5. The molecule has 3 aromatic carbocycles. The molecule has 6 nitrogen and oxygen atoms in total. The summed E-state index contributed by atoms with van der Waals surface area (Å²) in [4.78, 5) is 9.31. The molecular weight excluding hydrogens is 386 g/mol. The van der Waals surface area contributed by atoms with Crippen LogP contribution in [0.15, 0.2) is 95.7 Å². The van der Waals surface area contributed by atoms with Crippen LogP contribution in [0.3, 0.4) is 0 Å². The van der Waals surface area contributed by atoms with Crippen LogP contribution in [0.1, 0.15) is 5.56 Å². The van der Waals surface area contributed by atoms with E-state index in [0.29, 0.717) is 17.3 Å².